The van der Waals surface area contributed by atoms with Crippen molar-refractivity contribution in [3.63, 3.8) is 0 Å². The Balaban J connectivity index is 2.03. The summed E-state index contributed by atoms with van der Waals surface area (Å²) >= 11 is 0. The third kappa shape index (κ3) is 2.28. The molecule has 0 saturated carbocycles. The minimum absolute atomic E-state index is 0.496. The molecule has 0 amide bonds. The quantitative estimate of drug-likeness (QED) is 0.814. The molecular formula is C12H22N4. The van der Waals surface area contributed by atoms with Crippen molar-refractivity contribution in [3.8, 4) is 0 Å². The normalized spacial score (nSPS) is 17.1. The molecule has 0 aromatic carbocycles. The molecule has 0 bridgehead atoms. The van der Waals surface area contributed by atoms with Crippen molar-refractivity contribution in [2.45, 2.75) is 39.4 Å². The zero-order chi connectivity index (χ0) is 11.5. The van der Waals surface area contributed by atoms with Gasteiger partial charge in [0.1, 0.15) is 0 Å². The first kappa shape index (κ1) is 11.6. The highest BCUT2D eigenvalue weighted by atomic mass is 15.2. The maximum absolute atomic E-state index is 4.25. The lowest BCUT2D eigenvalue weighted by Crippen LogP contribution is -2.56. The molecule has 0 radical (unpaired) electrons. The molecule has 0 spiro atoms. The van der Waals surface area contributed by atoms with Crippen molar-refractivity contribution in [2.75, 3.05) is 19.6 Å². The lowest BCUT2D eigenvalue weighted by atomic mass is 10.1. The summed E-state index contributed by atoms with van der Waals surface area (Å²) in [6, 6.07) is 1.20. The van der Waals surface area contributed by atoms with E-state index in [4.69, 9.17) is 0 Å². The zero-order valence-corrected chi connectivity index (χ0v) is 10.5. The maximum Gasteiger partial charge on any atom is 0.0951 e. The molecule has 1 aromatic rings. The molecule has 1 aromatic heterocycles. The standard InChI is InChI=1S/C12H22N4/c1-4-15(11-5-13-6-11)8-12-7-14-9-16(12)10(2)3/h7,9-11,13H,4-6,8H2,1-3H3. The van der Waals surface area contributed by atoms with Crippen molar-refractivity contribution in [2.24, 2.45) is 0 Å². The first-order valence-corrected chi connectivity index (χ1v) is 6.17. The predicted molar refractivity (Wildman–Crippen MR) is 65.4 cm³/mol. The number of aromatic nitrogens is 2. The highest BCUT2D eigenvalue weighted by Gasteiger charge is 2.24. The SMILES string of the molecule is CCN(Cc1cncn1C(C)C)C1CNC1. The summed E-state index contributed by atoms with van der Waals surface area (Å²) in [5, 5.41) is 3.33. The Morgan fingerprint density at radius 2 is 2.31 bits per heavy atom. The van der Waals surface area contributed by atoms with Gasteiger partial charge in [-0.25, -0.2) is 4.98 Å². The van der Waals surface area contributed by atoms with E-state index in [1.54, 1.807) is 0 Å². The zero-order valence-electron chi connectivity index (χ0n) is 10.5. The second-order valence-electron chi connectivity index (χ2n) is 4.76. The van der Waals surface area contributed by atoms with Crippen LogP contribution in [0.15, 0.2) is 12.5 Å². The number of rotatable bonds is 5. The van der Waals surface area contributed by atoms with Crippen LogP contribution in [0.5, 0.6) is 0 Å². The van der Waals surface area contributed by atoms with Crippen LogP contribution >= 0.6 is 0 Å². The van der Waals surface area contributed by atoms with Gasteiger partial charge in [0.15, 0.2) is 0 Å². The lowest BCUT2D eigenvalue weighted by molar-refractivity contribution is 0.141. The van der Waals surface area contributed by atoms with Gasteiger partial charge in [0.05, 0.1) is 12.0 Å². The second-order valence-corrected chi connectivity index (χ2v) is 4.76. The molecule has 1 saturated heterocycles. The molecular weight excluding hydrogens is 200 g/mol. The Kier molecular flexibility index (Phi) is 3.61. The molecule has 1 fully saturated rings. The highest BCUT2D eigenvalue weighted by molar-refractivity contribution is 5.01. The van der Waals surface area contributed by atoms with Crippen molar-refractivity contribution in [3.05, 3.63) is 18.2 Å². The van der Waals surface area contributed by atoms with Crippen molar-refractivity contribution < 1.29 is 0 Å². The number of nitrogens with one attached hydrogen (secondary N) is 1. The fourth-order valence-electron chi connectivity index (χ4n) is 2.16. The van der Waals surface area contributed by atoms with E-state index in [9.17, 15) is 0 Å². The second kappa shape index (κ2) is 4.97. The van der Waals surface area contributed by atoms with Crippen LogP contribution in [0, 0.1) is 0 Å². The highest BCUT2D eigenvalue weighted by Crippen LogP contribution is 2.14. The third-order valence-electron chi connectivity index (χ3n) is 3.35. The predicted octanol–water partition coefficient (Wildman–Crippen LogP) is 1.26. The van der Waals surface area contributed by atoms with Crippen LogP contribution in [0.2, 0.25) is 0 Å². The molecule has 2 rings (SSSR count). The first-order valence-electron chi connectivity index (χ1n) is 6.17. The third-order valence-corrected chi connectivity index (χ3v) is 3.35. The van der Waals surface area contributed by atoms with E-state index in [0.717, 1.165) is 26.2 Å². The Morgan fingerprint density at radius 3 is 2.81 bits per heavy atom. The number of likely N-dealkylation sites (N-methyl/N-ethyl adjacent to an activating group) is 1. The number of imidazole rings is 1. The van der Waals surface area contributed by atoms with E-state index in [1.807, 2.05) is 12.5 Å². The summed E-state index contributed by atoms with van der Waals surface area (Å²) in [6.45, 7) is 11.0. The molecule has 1 N–H and O–H groups in total. The van der Waals surface area contributed by atoms with Gasteiger partial charge in [0.25, 0.3) is 0 Å². The summed E-state index contributed by atoms with van der Waals surface area (Å²) in [5.74, 6) is 0. The minimum atomic E-state index is 0.496. The van der Waals surface area contributed by atoms with Gasteiger partial charge in [-0.05, 0) is 20.4 Å². The number of hydrogen-bond acceptors (Lipinski definition) is 3. The topological polar surface area (TPSA) is 33.1 Å². The Morgan fingerprint density at radius 1 is 1.56 bits per heavy atom. The lowest BCUT2D eigenvalue weighted by Gasteiger charge is -2.37. The van der Waals surface area contributed by atoms with E-state index >= 15 is 0 Å². The molecule has 0 aliphatic carbocycles. The summed E-state index contributed by atoms with van der Waals surface area (Å²) in [5.41, 5.74) is 1.32. The van der Waals surface area contributed by atoms with Gasteiger partial charge in [-0.3, -0.25) is 4.90 Å². The summed E-state index contributed by atoms with van der Waals surface area (Å²) in [6.07, 6.45) is 3.93. The molecule has 1 aliphatic rings. The van der Waals surface area contributed by atoms with E-state index in [-0.39, 0.29) is 0 Å². The van der Waals surface area contributed by atoms with E-state index in [2.05, 4.69) is 40.5 Å². The van der Waals surface area contributed by atoms with Crippen LogP contribution in [0.3, 0.4) is 0 Å². The maximum atomic E-state index is 4.25. The fraction of sp³-hybridized carbons (Fsp3) is 0.750. The van der Waals surface area contributed by atoms with Gasteiger partial charge in [-0.1, -0.05) is 6.92 Å². The van der Waals surface area contributed by atoms with Gasteiger partial charge in [0, 0.05) is 37.9 Å². The van der Waals surface area contributed by atoms with Gasteiger partial charge in [-0.2, -0.15) is 0 Å². The Bertz CT molecular complexity index is 328. The Hall–Kier alpha value is -0.870. The van der Waals surface area contributed by atoms with Crippen LogP contribution in [0.4, 0.5) is 0 Å². The van der Waals surface area contributed by atoms with Crippen molar-refractivity contribution >= 4 is 0 Å². The summed E-state index contributed by atoms with van der Waals surface area (Å²) in [4.78, 5) is 6.77. The average molecular weight is 222 g/mol. The van der Waals surface area contributed by atoms with E-state index in [1.165, 1.54) is 5.69 Å². The molecule has 0 atom stereocenters. The van der Waals surface area contributed by atoms with Crippen LogP contribution in [0.25, 0.3) is 0 Å². The first-order chi connectivity index (χ1) is 7.72. The van der Waals surface area contributed by atoms with Gasteiger partial charge >= 0.3 is 0 Å². The fourth-order valence-corrected chi connectivity index (χ4v) is 2.16. The summed E-state index contributed by atoms with van der Waals surface area (Å²) < 4.78 is 2.26. The Labute approximate surface area is 97.7 Å². The molecule has 4 heteroatoms. The number of nitrogens with zero attached hydrogens (tertiary/aromatic N) is 3. The monoisotopic (exact) mass is 222 g/mol. The largest absolute Gasteiger partial charge is 0.331 e. The van der Waals surface area contributed by atoms with Crippen LogP contribution in [0.1, 0.15) is 32.5 Å². The molecule has 90 valence electrons. The van der Waals surface area contributed by atoms with Crippen LogP contribution in [-0.2, 0) is 6.54 Å². The van der Waals surface area contributed by atoms with Gasteiger partial charge in [-0.15, -0.1) is 0 Å². The van der Waals surface area contributed by atoms with E-state index in [0.29, 0.717) is 12.1 Å². The van der Waals surface area contributed by atoms with Crippen LogP contribution < -0.4 is 5.32 Å². The van der Waals surface area contributed by atoms with Crippen molar-refractivity contribution in [1.82, 2.24) is 19.8 Å². The van der Waals surface area contributed by atoms with Crippen LogP contribution in [-0.4, -0.2) is 40.1 Å². The van der Waals surface area contributed by atoms with Crippen molar-refractivity contribution in [1.29, 1.82) is 0 Å². The molecule has 0 unspecified atom stereocenters. The molecule has 4 nitrogen and oxygen atoms in total. The molecule has 1 aliphatic heterocycles. The molecule has 2 heterocycles. The van der Waals surface area contributed by atoms with Gasteiger partial charge in [0.2, 0.25) is 0 Å². The smallest absolute Gasteiger partial charge is 0.0951 e. The average Bonchev–Trinajstić information content (AvgIpc) is 2.62. The minimum Gasteiger partial charge on any atom is -0.331 e. The molecule has 16 heavy (non-hydrogen) atoms. The van der Waals surface area contributed by atoms with E-state index < -0.39 is 0 Å². The summed E-state index contributed by atoms with van der Waals surface area (Å²) in [7, 11) is 0. The number of hydrogen-bond donors (Lipinski definition) is 1. The van der Waals surface area contributed by atoms with Gasteiger partial charge < -0.3 is 9.88 Å².